The number of carbonyl (C=O) groups is 3. The minimum Gasteiger partial charge on any atom is -0.480 e. The van der Waals surface area contributed by atoms with Crippen LogP contribution in [0.3, 0.4) is 0 Å². The fourth-order valence-corrected chi connectivity index (χ4v) is 2.53. The molecule has 1 saturated heterocycles. The standard InChI is InChI=1S/C13H11NO4S/c1-8(12(16)17)14-11(15)10(19-13(14)18)7-9-5-3-2-4-6-9/h2-8H,1H3,(H,16,17)/b10-7-/t8-/m0/s1. The van der Waals surface area contributed by atoms with E-state index < -0.39 is 23.2 Å². The van der Waals surface area contributed by atoms with Crippen LogP contribution in [0, 0.1) is 0 Å². The molecule has 1 aromatic carbocycles. The Morgan fingerprint density at radius 2 is 1.95 bits per heavy atom. The molecule has 0 saturated carbocycles. The zero-order chi connectivity index (χ0) is 14.0. The molecule has 1 atom stereocenters. The number of carbonyl (C=O) groups excluding carboxylic acids is 2. The van der Waals surface area contributed by atoms with Crippen LogP contribution in [-0.4, -0.2) is 33.2 Å². The normalized spacial score (nSPS) is 19.0. The first kappa shape index (κ1) is 13.4. The minimum atomic E-state index is -1.21. The molecular formula is C13H11NO4S. The Hall–Kier alpha value is -2.08. The molecule has 2 rings (SSSR count). The van der Waals surface area contributed by atoms with Crippen LogP contribution in [0.2, 0.25) is 0 Å². The van der Waals surface area contributed by atoms with Crippen molar-refractivity contribution in [2.24, 2.45) is 0 Å². The second-order valence-electron chi connectivity index (χ2n) is 3.98. The van der Waals surface area contributed by atoms with Crippen molar-refractivity contribution in [2.45, 2.75) is 13.0 Å². The van der Waals surface area contributed by atoms with Crippen LogP contribution < -0.4 is 0 Å². The first-order valence-corrected chi connectivity index (χ1v) is 6.37. The van der Waals surface area contributed by atoms with Gasteiger partial charge in [0, 0.05) is 0 Å². The van der Waals surface area contributed by atoms with Gasteiger partial charge in [0.25, 0.3) is 11.1 Å². The van der Waals surface area contributed by atoms with Crippen molar-refractivity contribution in [3.8, 4) is 0 Å². The van der Waals surface area contributed by atoms with Gasteiger partial charge in [-0.2, -0.15) is 0 Å². The summed E-state index contributed by atoms with van der Waals surface area (Å²) in [6.07, 6.45) is 1.58. The van der Waals surface area contributed by atoms with Crippen LogP contribution in [0.1, 0.15) is 12.5 Å². The summed E-state index contributed by atoms with van der Waals surface area (Å²) in [5.41, 5.74) is 0.788. The van der Waals surface area contributed by atoms with Crippen LogP contribution in [0.15, 0.2) is 35.2 Å². The topological polar surface area (TPSA) is 74.7 Å². The third kappa shape index (κ3) is 2.68. The lowest BCUT2D eigenvalue weighted by Crippen LogP contribution is -2.41. The average molecular weight is 277 g/mol. The fraction of sp³-hybridized carbons (Fsp3) is 0.154. The Labute approximate surface area is 113 Å². The number of thioether (sulfide) groups is 1. The van der Waals surface area contributed by atoms with Crippen LogP contribution in [0.25, 0.3) is 6.08 Å². The van der Waals surface area contributed by atoms with Gasteiger partial charge in [-0.15, -0.1) is 0 Å². The molecule has 0 radical (unpaired) electrons. The Morgan fingerprint density at radius 1 is 1.32 bits per heavy atom. The third-order valence-electron chi connectivity index (χ3n) is 2.67. The van der Waals surface area contributed by atoms with Crippen molar-refractivity contribution in [2.75, 3.05) is 0 Å². The lowest BCUT2D eigenvalue weighted by atomic mass is 10.2. The molecule has 6 heteroatoms. The van der Waals surface area contributed by atoms with Crippen molar-refractivity contribution in [1.29, 1.82) is 0 Å². The number of carboxylic acids is 1. The molecule has 19 heavy (non-hydrogen) atoms. The maximum absolute atomic E-state index is 12.0. The van der Waals surface area contributed by atoms with Gasteiger partial charge in [-0.25, -0.2) is 4.79 Å². The highest BCUT2D eigenvalue weighted by molar-refractivity contribution is 8.18. The van der Waals surface area contributed by atoms with E-state index in [0.717, 1.165) is 22.2 Å². The SMILES string of the molecule is C[C@@H](C(=O)O)N1C(=O)S/C(=C\c2ccccc2)C1=O. The van der Waals surface area contributed by atoms with Crippen LogP contribution in [-0.2, 0) is 9.59 Å². The smallest absolute Gasteiger partial charge is 0.326 e. The summed E-state index contributed by atoms with van der Waals surface area (Å²) in [4.78, 5) is 35.6. The molecule has 1 N–H and O–H groups in total. The van der Waals surface area contributed by atoms with Crippen LogP contribution in [0.4, 0.5) is 4.79 Å². The number of hydrogen-bond acceptors (Lipinski definition) is 4. The predicted octanol–water partition coefficient (Wildman–Crippen LogP) is 2.20. The maximum atomic E-state index is 12.0. The monoisotopic (exact) mass is 277 g/mol. The number of hydrogen-bond donors (Lipinski definition) is 1. The summed E-state index contributed by atoms with van der Waals surface area (Å²) in [5.74, 6) is -1.77. The van der Waals surface area contributed by atoms with Gasteiger partial charge in [0.05, 0.1) is 4.91 Å². The second kappa shape index (κ2) is 5.27. The predicted molar refractivity (Wildman–Crippen MR) is 71.3 cm³/mol. The Kier molecular flexibility index (Phi) is 3.71. The quantitative estimate of drug-likeness (QED) is 0.857. The molecule has 1 heterocycles. The number of nitrogens with zero attached hydrogens (tertiary/aromatic N) is 1. The molecule has 1 aromatic rings. The zero-order valence-corrected chi connectivity index (χ0v) is 10.9. The van der Waals surface area contributed by atoms with Gasteiger partial charge >= 0.3 is 5.97 Å². The molecular weight excluding hydrogens is 266 g/mol. The molecule has 0 aromatic heterocycles. The fourth-order valence-electron chi connectivity index (χ4n) is 1.62. The summed E-state index contributed by atoms with van der Waals surface area (Å²) in [7, 11) is 0. The molecule has 98 valence electrons. The molecule has 1 fully saturated rings. The summed E-state index contributed by atoms with van der Waals surface area (Å²) in [6, 6.07) is 7.92. The number of carboxylic acid groups (broad SMARTS) is 1. The van der Waals surface area contributed by atoms with E-state index in [0.29, 0.717) is 0 Å². The van der Waals surface area contributed by atoms with Gasteiger partial charge in [0.15, 0.2) is 0 Å². The number of aliphatic carboxylic acids is 1. The van der Waals surface area contributed by atoms with Crippen LogP contribution >= 0.6 is 11.8 Å². The van der Waals surface area contributed by atoms with Crippen LogP contribution in [0.5, 0.6) is 0 Å². The van der Waals surface area contributed by atoms with Gasteiger partial charge < -0.3 is 5.11 Å². The first-order valence-electron chi connectivity index (χ1n) is 5.55. The Bertz CT molecular complexity index is 567. The van der Waals surface area contributed by atoms with Crippen molar-refractivity contribution in [3.05, 3.63) is 40.8 Å². The third-order valence-corrected chi connectivity index (χ3v) is 3.55. The molecule has 0 spiro atoms. The zero-order valence-electron chi connectivity index (χ0n) is 10.1. The van der Waals surface area contributed by atoms with E-state index in [-0.39, 0.29) is 4.91 Å². The highest BCUT2D eigenvalue weighted by Crippen LogP contribution is 2.33. The largest absolute Gasteiger partial charge is 0.480 e. The van der Waals surface area contributed by atoms with E-state index >= 15 is 0 Å². The Balaban J connectivity index is 2.28. The van der Waals surface area contributed by atoms with Gasteiger partial charge in [-0.3, -0.25) is 14.5 Å². The van der Waals surface area contributed by atoms with Gasteiger partial charge in [0.2, 0.25) is 0 Å². The number of imide groups is 1. The molecule has 1 aliphatic rings. The summed E-state index contributed by atoms with van der Waals surface area (Å²) < 4.78 is 0. The molecule has 2 amide bonds. The average Bonchev–Trinajstić information content (AvgIpc) is 2.65. The molecule has 1 aliphatic heterocycles. The number of rotatable bonds is 3. The van der Waals surface area contributed by atoms with Crippen molar-refractivity contribution in [3.63, 3.8) is 0 Å². The lowest BCUT2D eigenvalue weighted by molar-refractivity contribution is -0.145. The van der Waals surface area contributed by atoms with E-state index in [9.17, 15) is 14.4 Å². The highest BCUT2D eigenvalue weighted by atomic mass is 32.2. The number of benzene rings is 1. The lowest BCUT2D eigenvalue weighted by Gasteiger charge is -2.16. The second-order valence-corrected chi connectivity index (χ2v) is 4.97. The van der Waals surface area contributed by atoms with Gasteiger partial charge in [-0.05, 0) is 30.3 Å². The first-order chi connectivity index (χ1) is 9.00. The maximum Gasteiger partial charge on any atom is 0.326 e. The van der Waals surface area contributed by atoms with E-state index in [1.165, 1.54) is 6.92 Å². The molecule has 5 nitrogen and oxygen atoms in total. The van der Waals surface area contributed by atoms with Gasteiger partial charge in [0.1, 0.15) is 6.04 Å². The summed E-state index contributed by atoms with van der Waals surface area (Å²) in [5, 5.41) is 8.33. The van der Waals surface area contributed by atoms with E-state index in [4.69, 9.17) is 5.11 Å². The van der Waals surface area contributed by atoms with Crippen molar-refractivity contribution < 1.29 is 19.5 Å². The Morgan fingerprint density at radius 3 is 2.53 bits per heavy atom. The summed E-state index contributed by atoms with van der Waals surface area (Å²) >= 11 is 0.758. The highest BCUT2D eigenvalue weighted by Gasteiger charge is 2.40. The van der Waals surface area contributed by atoms with Crippen molar-refractivity contribution >= 4 is 35.0 Å². The molecule has 0 bridgehead atoms. The summed E-state index contributed by atoms with van der Waals surface area (Å²) in [6.45, 7) is 1.31. The minimum absolute atomic E-state index is 0.240. The number of amides is 2. The van der Waals surface area contributed by atoms with E-state index in [2.05, 4.69) is 0 Å². The van der Waals surface area contributed by atoms with Gasteiger partial charge in [-0.1, -0.05) is 30.3 Å². The van der Waals surface area contributed by atoms with Crippen molar-refractivity contribution in [1.82, 2.24) is 4.90 Å². The molecule has 0 aliphatic carbocycles. The van der Waals surface area contributed by atoms with E-state index in [1.807, 2.05) is 18.2 Å². The molecule has 0 unspecified atom stereocenters. The van der Waals surface area contributed by atoms with E-state index in [1.54, 1.807) is 18.2 Å².